The summed E-state index contributed by atoms with van der Waals surface area (Å²) in [6.07, 6.45) is 3.25. The molecule has 0 aliphatic heterocycles. The van der Waals surface area contributed by atoms with Gasteiger partial charge in [0.15, 0.2) is 0 Å². The van der Waals surface area contributed by atoms with Crippen molar-refractivity contribution in [3.8, 4) is 0 Å². The largest absolute Gasteiger partial charge is 0.218 e. The van der Waals surface area contributed by atoms with Gasteiger partial charge in [0, 0.05) is 0 Å². The number of nitrogens with one attached hydrogen (secondary N) is 1. The molecule has 0 aromatic carbocycles. The van der Waals surface area contributed by atoms with E-state index >= 15 is 0 Å². The predicted molar refractivity (Wildman–Crippen MR) is 44.8 cm³/mol. The van der Waals surface area contributed by atoms with E-state index in [0.717, 1.165) is 6.42 Å². The van der Waals surface area contributed by atoms with Crippen molar-refractivity contribution in [1.29, 1.82) is 0 Å². The van der Waals surface area contributed by atoms with Crippen LogP contribution in [0.5, 0.6) is 0 Å². The Hall–Kier alpha value is -0.0900. The van der Waals surface area contributed by atoms with Gasteiger partial charge < -0.3 is 0 Å². The summed E-state index contributed by atoms with van der Waals surface area (Å²) in [7, 11) is -1.53. The fourth-order valence-corrected chi connectivity index (χ4v) is 2.08. The third-order valence-corrected chi connectivity index (χ3v) is 4.00. The Morgan fingerprint density at radius 2 is 2.09 bits per heavy atom. The molecular weight excluding hydrogens is 162 g/mol. The molecule has 1 saturated carbocycles. The first-order valence-electron chi connectivity index (χ1n) is 3.98. The highest BCUT2D eigenvalue weighted by atomic mass is 32.2. The maximum atomic E-state index is 11.2. The molecular formula is C7H15NO2S. The van der Waals surface area contributed by atoms with Crippen LogP contribution in [-0.4, -0.2) is 20.7 Å². The zero-order valence-corrected chi connectivity index (χ0v) is 7.82. The first-order chi connectivity index (χ1) is 5.06. The second-order valence-corrected chi connectivity index (χ2v) is 5.54. The molecule has 0 bridgehead atoms. The predicted octanol–water partition coefficient (Wildman–Crippen LogP) is 0.724. The molecule has 1 fully saturated rings. The van der Waals surface area contributed by atoms with Gasteiger partial charge >= 0.3 is 0 Å². The molecule has 1 aliphatic carbocycles. The molecule has 66 valence electrons. The van der Waals surface area contributed by atoms with E-state index < -0.39 is 10.0 Å². The summed E-state index contributed by atoms with van der Waals surface area (Å²) in [6.45, 7) is 1.77. The highest BCUT2D eigenvalue weighted by molar-refractivity contribution is 7.90. The van der Waals surface area contributed by atoms with Crippen LogP contribution in [0.25, 0.3) is 0 Å². The standard InChI is InChI=1S/C7H15NO2S/c1-6(5-7-3-4-7)11(9,10)8-2/h6-8H,3-5H2,1-2H3. The van der Waals surface area contributed by atoms with E-state index in [4.69, 9.17) is 0 Å². The Labute approximate surface area is 68.2 Å². The average Bonchev–Trinajstić information content (AvgIpc) is 2.72. The lowest BCUT2D eigenvalue weighted by Gasteiger charge is -2.09. The second-order valence-electron chi connectivity index (χ2n) is 3.24. The van der Waals surface area contributed by atoms with Crippen LogP contribution in [0.15, 0.2) is 0 Å². The molecule has 0 spiro atoms. The van der Waals surface area contributed by atoms with Crippen molar-refractivity contribution >= 4 is 10.0 Å². The number of hydrogen-bond acceptors (Lipinski definition) is 2. The summed E-state index contributed by atoms with van der Waals surface area (Å²) in [6, 6.07) is 0. The van der Waals surface area contributed by atoms with Gasteiger partial charge in [0.05, 0.1) is 5.25 Å². The van der Waals surface area contributed by atoms with E-state index in [2.05, 4.69) is 4.72 Å². The molecule has 4 heteroatoms. The Kier molecular flexibility index (Phi) is 2.54. The maximum absolute atomic E-state index is 11.2. The zero-order valence-electron chi connectivity index (χ0n) is 7.00. The summed E-state index contributed by atoms with van der Waals surface area (Å²) in [5.41, 5.74) is 0. The van der Waals surface area contributed by atoms with E-state index in [1.807, 2.05) is 0 Å². The van der Waals surface area contributed by atoms with Gasteiger partial charge in [-0.3, -0.25) is 0 Å². The Morgan fingerprint density at radius 1 is 1.55 bits per heavy atom. The summed E-state index contributed by atoms with van der Waals surface area (Å²) in [5.74, 6) is 0.674. The van der Waals surface area contributed by atoms with Crippen LogP contribution in [0.2, 0.25) is 0 Å². The second kappa shape index (κ2) is 3.11. The number of hydrogen-bond donors (Lipinski definition) is 1. The van der Waals surface area contributed by atoms with Crippen LogP contribution < -0.4 is 4.72 Å². The Balaban J connectivity index is 2.44. The van der Waals surface area contributed by atoms with E-state index in [-0.39, 0.29) is 5.25 Å². The third kappa shape index (κ3) is 2.45. The molecule has 0 amide bonds. The minimum absolute atomic E-state index is 0.222. The molecule has 1 N–H and O–H groups in total. The number of sulfonamides is 1. The van der Waals surface area contributed by atoms with Crippen LogP contribution in [-0.2, 0) is 10.0 Å². The lowest BCUT2D eigenvalue weighted by molar-refractivity contribution is 0.561. The highest BCUT2D eigenvalue weighted by Crippen LogP contribution is 2.34. The van der Waals surface area contributed by atoms with Crippen molar-refractivity contribution < 1.29 is 8.42 Å². The van der Waals surface area contributed by atoms with E-state index in [0.29, 0.717) is 5.92 Å². The fraction of sp³-hybridized carbons (Fsp3) is 1.00. The molecule has 0 saturated heterocycles. The maximum Gasteiger partial charge on any atom is 0.213 e. The molecule has 1 unspecified atom stereocenters. The van der Waals surface area contributed by atoms with Gasteiger partial charge in [-0.1, -0.05) is 12.8 Å². The van der Waals surface area contributed by atoms with Crippen LogP contribution >= 0.6 is 0 Å². The van der Waals surface area contributed by atoms with Gasteiger partial charge in [-0.25, -0.2) is 13.1 Å². The van der Waals surface area contributed by atoms with Gasteiger partial charge in [-0.05, 0) is 26.3 Å². The third-order valence-electron chi connectivity index (χ3n) is 2.18. The molecule has 11 heavy (non-hydrogen) atoms. The quantitative estimate of drug-likeness (QED) is 0.688. The van der Waals surface area contributed by atoms with Crippen molar-refractivity contribution in [2.75, 3.05) is 7.05 Å². The summed E-state index contributed by atoms with van der Waals surface area (Å²) >= 11 is 0. The van der Waals surface area contributed by atoms with Crippen LogP contribution in [0.4, 0.5) is 0 Å². The van der Waals surface area contributed by atoms with Crippen molar-refractivity contribution in [2.24, 2.45) is 5.92 Å². The van der Waals surface area contributed by atoms with Gasteiger partial charge in [0.2, 0.25) is 10.0 Å². The molecule has 0 radical (unpaired) electrons. The zero-order chi connectivity index (χ0) is 8.48. The summed E-state index contributed by atoms with van der Waals surface area (Å²) in [5, 5.41) is -0.222. The molecule has 0 aromatic heterocycles. The fourth-order valence-electron chi connectivity index (χ4n) is 1.15. The van der Waals surface area contributed by atoms with Crippen molar-refractivity contribution in [1.82, 2.24) is 4.72 Å². The summed E-state index contributed by atoms with van der Waals surface area (Å²) in [4.78, 5) is 0. The highest BCUT2D eigenvalue weighted by Gasteiger charge is 2.28. The molecule has 3 nitrogen and oxygen atoms in total. The average molecular weight is 177 g/mol. The van der Waals surface area contributed by atoms with E-state index in [1.54, 1.807) is 6.92 Å². The molecule has 0 heterocycles. The van der Waals surface area contributed by atoms with Crippen molar-refractivity contribution in [3.05, 3.63) is 0 Å². The van der Waals surface area contributed by atoms with Crippen LogP contribution in [0.3, 0.4) is 0 Å². The van der Waals surface area contributed by atoms with Crippen molar-refractivity contribution in [3.63, 3.8) is 0 Å². The molecule has 1 aliphatic rings. The van der Waals surface area contributed by atoms with E-state index in [9.17, 15) is 8.42 Å². The van der Waals surface area contributed by atoms with Gasteiger partial charge in [0.1, 0.15) is 0 Å². The lowest BCUT2D eigenvalue weighted by atomic mass is 10.2. The van der Waals surface area contributed by atoms with Gasteiger partial charge in [-0.15, -0.1) is 0 Å². The Morgan fingerprint density at radius 3 is 2.45 bits per heavy atom. The SMILES string of the molecule is CNS(=O)(=O)C(C)CC1CC1. The molecule has 1 atom stereocenters. The first kappa shape index (κ1) is 9.00. The van der Waals surface area contributed by atoms with Gasteiger partial charge in [0.25, 0.3) is 0 Å². The summed E-state index contributed by atoms with van der Waals surface area (Å²) < 4.78 is 24.6. The smallest absolute Gasteiger partial charge is 0.213 e. The number of rotatable bonds is 4. The normalized spacial score (nSPS) is 21.6. The van der Waals surface area contributed by atoms with Crippen LogP contribution in [0, 0.1) is 5.92 Å². The Bertz CT molecular complexity index is 219. The lowest BCUT2D eigenvalue weighted by Crippen LogP contribution is -2.29. The van der Waals surface area contributed by atoms with Crippen LogP contribution in [0.1, 0.15) is 26.2 Å². The minimum Gasteiger partial charge on any atom is -0.218 e. The molecule has 0 aromatic rings. The minimum atomic E-state index is -3.00. The topological polar surface area (TPSA) is 46.2 Å². The first-order valence-corrected chi connectivity index (χ1v) is 5.53. The van der Waals surface area contributed by atoms with E-state index in [1.165, 1.54) is 19.9 Å². The van der Waals surface area contributed by atoms with Crippen molar-refractivity contribution in [2.45, 2.75) is 31.4 Å². The van der Waals surface area contributed by atoms with Gasteiger partial charge in [-0.2, -0.15) is 0 Å². The monoisotopic (exact) mass is 177 g/mol. The molecule has 1 rings (SSSR count).